The summed E-state index contributed by atoms with van der Waals surface area (Å²) in [6.07, 6.45) is 8.06. The number of likely N-dealkylation sites (tertiary alicyclic amines) is 1. The van der Waals surface area contributed by atoms with Crippen LogP contribution in [0.5, 0.6) is 0 Å². The van der Waals surface area contributed by atoms with Gasteiger partial charge in [0.05, 0.1) is 0 Å². The molecule has 0 amide bonds. The molecule has 0 aliphatic carbocycles. The van der Waals surface area contributed by atoms with Gasteiger partial charge in [0.15, 0.2) is 0 Å². The third kappa shape index (κ3) is 3.09. The van der Waals surface area contributed by atoms with Gasteiger partial charge in [0.1, 0.15) is 0 Å². The summed E-state index contributed by atoms with van der Waals surface area (Å²) in [7, 11) is 0. The second-order valence-corrected chi connectivity index (χ2v) is 4.66. The summed E-state index contributed by atoms with van der Waals surface area (Å²) in [5.41, 5.74) is 1.34. The molecule has 0 radical (unpaired) electrons. The fourth-order valence-corrected chi connectivity index (χ4v) is 2.49. The molecule has 2 N–H and O–H groups in total. The molecule has 1 saturated heterocycles. The highest BCUT2D eigenvalue weighted by Crippen LogP contribution is 2.13. The molecule has 3 heteroatoms. The smallest absolute Gasteiger partial charge is 0.0221 e. The molecule has 1 unspecified atom stereocenters. The van der Waals surface area contributed by atoms with Crippen LogP contribution in [0.15, 0.2) is 18.5 Å². The van der Waals surface area contributed by atoms with Crippen molar-refractivity contribution in [2.75, 3.05) is 19.6 Å². The standard InChI is InChI=1S/C13H23N3/c1-2-13(16-7-3-4-8-16)11-15-10-12-5-6-14-9-12/h5-6,9,13-15H,2-4,7-8,10-11H2,1H3. The molecular weight excluding hydrogens is 198 g/mol. The molecule has 2 heterocycles. The van der Waals surface area contributed by atoms with Crippen molar-refractivity contribution in [2.45, 2.75) is 38.8 Å². The van der Waals surface area contributed by atoms with Crippen LogP contribution in [0.25, 0.3) is 0 Å². The molecule has 0 saturated carbocycles. The van der Waals surface area contributed by atoms with Crippen LogP contribution < -0.4 is 5.32 Å². The number of hydrogen-bond donors (Lipinski definition) is 2. The number of H-pyrrole nitrogens is 1. The van der Waals surface area contributed by atoms with E-state index in [1.807, 2.05) is 6.20 Å². The normalized spacial score (nSPS) is 19.1. The molecule has 1 aliphatic rings. The lowest BCUT2D eigenvalue weighted by Crippen LogP contribution is -2.40. The fraction of sp³-hybridized carbons (Fsp3) is 0.692. The Labute approximate surface area is 98.2 Å². The van der Waals surface area contributed by atoms with Gasteiger partial charge in [0.2, 0.25) is 0 Å². The van der Waals surface area contributed by atoms with Crippen LogP contribution >= 0.6 is 0 Å². The maximum atomic E-state index is 3.55. The number of aromatic nitrogens is 1. The van der Waals surface area contributed by atoms with Gasteiger partial charge in [-0.3, -0.25) is 4.90 Å². The molecule has 0 aromatic carbocycles. The minimum absolute atomic E-state index is 0.724. The van der Waals surface area contributed by atoms with Crippen LogP contribution in [0, 0.1) is 0 Å². The number of nitrogens with zero attached hydrogens (tertiary/aromatic N) is 1. The lowest BCUT2D eigenvalue weighted by molar-refractivity contribution is 0.229. The first-order chi connectivity index (χ1) is 7.90. The third-order valence-electron chi connectivity index (χ3n) is 3.50. The third-order valence-corrected chi connectivity index (χ3v) is 3.50. The van der Waals surface area contributed by atoms with Crippen molar-refractivity contribution in [1.29, 1.82) is 0 Å². The fourth-order valence-electron chi connectivity index (χ4n) is 2.49. The van der Waals surface area contributed by atoms with Crippen molar-refractivity contribution in [3.8, 4) is 0 Å². The molecule has 1 aliphatic heterocycles. The monoisotopic (exact) mass is 221 g/mol. The predicted octanol–water partition coefficient (Wildman–Crippen LogP) is 1.98. The number of nitrogens with one attached hydrogen (secondary N) is 2. The molecule has 0 spiro atoms. The second-order valence-electron chi connectivity index (χ2n) is 4.66. The Morgan fingerprint density at radius 1 is 1.44 bits per heavy atom. The molecule has 3 nitrogen and oxygen atoms in total. The Morgan fingerprint density at radius 2 is 2.25 bits per heavy atom. The van der Waals surface area contributed by atoms with Crippen molar-refractivity contribution < 1.29 is 0 Å². The number of hydrogen-bond acceptors (Lipinski definition) is 2. The minimum Gasteiger partial charge on any atom is -0.367 e. The Kier molecular flexibility index (Phi) is 4.43. The summed E-state index contributed by atoms with van der Waals surface area (Å²) in [4.78, 5) is 5.72. The average molecular weight is 221 g/mol. The molecule has 1 atom stereocenters. The molecule has 90 valence electrons. The SMILES string of the molecule is CCC(CNCc1cc[nH]c1)N1CCCC1. The first-order valence-corrected chi connectivity index (χ1v) is 6.46. The summed E-state index contributed by atoms with van der Waals surface area (Å²) in [6.45, 7) is 6.98. The Balaban J connectivity index is 1.70. The van der Waals surface area contributed by atoms with E-state index in [0.29, 0.717) is 0 Å². The maximum Gasteiger partial charge on any atom is 0.0221 e. The quantitative estimate of drug-likeness (QED) is 0.769. The van der Waals surface area contributed by atoms with E-state index in [1.165, 1.54) is 37.9 Å². The van der Waals surface area contributed by atoms with E-state index in [0.717, 1.165) is 19.1 Å². The summed E-state index contributed by atoms with van der Waals surface area (Å²) in [5.74, 6) is 0. The molecule has 16 heavy (non-hydrogen) atoms. The minimum atomic E-state index is 0.724. The van der Waals surface area contributed by atoms with E-state index < -0.39 is 0 Å². The molecular formula is C13H23N3. The highest BCUT2D eigenvalue weighted by molar-refractivity contribution is 5.07. The zero-order chi connectivity index (χ0) is 11.2. The Bertz CT molecular complexity index is 275. The van der Waals surface area contributed by atoms with Crippen LogP contribution in [0.2, 0.25) is 0 Å². The highest BCUT2D eigenvalue weighted by atomic mass is 15.2. The molecule has 0 bridgehead atoms. The summed E-state index contributed by atoms with van der Waals surface area (Å²) < 4.78 is 0. The van der Waals surface area contributed by atoms with Crippen molar-refractivity contribution in [1.82, 2.24) is 15.2 Å². The van der Waals surface area contributed by atoms with Crippen molar-refractivity contribution >= 4 is 0 Å². The summed E-state index contributed by atoms with van der Waals surface area (Å²) in [5, 5.41) is 3.55. The van der Waals surface area contributed by atoms with Gasteiger partial charge in [-0.15, -0.1) is 0 Å². The van der Waals surface area contributed by atoms with E-state index in [1.54, 1.807) is 0 Å². The van der Waals surface area contributed by atoms with E-state index in [9.17, 15) is 0 Å². The summed E-state index contributed by atoms with van der Waals surface area (Å²) in [6, 6.07) is 2.85. The van der Waals surface area contributed by atoms with Gasteiger partial charge in [-0.25, -0.2) is 0 Å². The Morgan fingerprint density at radius 3 is 2.88 bits per heavy atom. The van der Waals surface area contributed by atoms with Crippen LogP contribution in [-0.4, -0.2) is 35.6 Å². The second kappa shape index (κ2) is 6.06. The van der Waals surface area contributed by atoms with Gasteiger partial charge in [-0.05, 0) is 44.0 Å². The van der Waals surface area contributed by atoms with Crippen LogP contribution in [0.1, 0.15) is 31.7 Å². The lowest BCUT2D eigenvalue weighted by atomic mass is 10.2. The first kappa shape index (κ1) is 11.7. The van der Waals surface area contributed by atoms with Crippen molar-refractivity contribution in [2.24, 2.45) is 0 Å². The zero-order valence-electron chi connectivity index (χ0n) is 10.2. The van der Waals surface area contributed by atoms with Gasteiger partial charge in [0.25, 0.3) is 0 Å². The van der Waals surface area contributed by atoms with Crippen LogP contribution in [0.4, 0.5) is 0 Å². The average Bonchev–Trinajstić information content (AvgIpc) is 2.96. The van der Waals surface area contributed by atoms with E-state index in [2.05, 4.69) is 34.4 Å². The molecule has 1 aromatic heterocycles. The summed E-state index contributed by atoms with van der Waals surface area (Å²) >= 11 is 0. The van der Waals surface area contributed by atoms with Gasteiger partial charge >= 0.3 is 0 Å². The Hall–Kier alpha value is -0.800. The topological polar surface area (TPSA) is 31.1 Å². The van der Waals surface area contributed by atoms with E-state index in [-0.39, 0.29) is 0 Å². The molecule has 1 fully saturated rings. The van der Waals surface area contributed by atoms with Gasteiger partial charge in [-0.2, -0.15) is 0 Å². The maximum absolute atomic E-state index is 3.55. The lowest BCUT2D eigenvalue weighted by Gasteiger charge is -2.26. The van der Waals surface area contributed by atoms with Gasteiger partial charge < -0.3 is 10.3 Å². The molecule has 2 rings (SSSR count). The first-order valence-electron chi connectivity index (χ1n) is 6.46. The van der Waals surface area contributed by atoms with Crippen molar-refractivity contribution in [3.05, 3.63) is 24.0 Å². The largest absolute Gasteiger partial charge is 0.367 e. The predicted molar refractivity (Wildman–Crippen MR) is 67.4 cm³/mol. The van der Waals surface area contributed by atoms with Crippen molar-refractivity contribution in [3.63, 3.8) is 0 Å². The van der Waals surface area contributed by atoms with Crippen LogP contribution in [-0.2, 0) is 6.54 Å². The van der Waals surface area contributed by atoms with Gasteiger partial charge in [0, 0.05) is 31.5 Å². The number of aromatic amines is 1. The van der Waals surface area contributed by atoms with E-state index >= 15 is 0 Å². The van der Waals surface area contributed by atoms with E-state index in [4.69, 9.17) is 0 Å². The highest BCUT2D eigenvalue weighted by Gasteiger charge is 2.19. The van der Waals surface area contributed by atoms with Crippen LogP contribution in [0.3, 0.4) is 0 Å². The van der Waals surface area contributed by atoms with Gasteiger partial charge in [-0.1, -0.05) is 6.92 Å². The zero-order valence-corrected chi connectivity index (χ0v) is 10.2. The molecule has 1 aromatic rings. The number of rotatable bonds is 6.